The zero-order valence-electron chi connectivity index (χ0n) is 24.0. The van der Waals surface area contributed by atoms with Crippen molar-refractivity contribution in [1.82, 2.24) is 10.2 Å². The normalized spacial score (nSPS) is 16.0. The van der Waals surface area contributed by atoms with Gasteiger partial charge >= 0.3 is 5.91 Å². The lowest BCUT2D eigenvalue weighted by atomic mass is 9.95. The second kappa shape index (κ2) is 12.4. The molecule has 1 aliphatic heterocycles. The Balaban J connectivity index is 1.39. The van der Waals surface area contributed by atoms with Gasteiger partial charge in [0, 0.05) is 11.3 Å². The van der Waals surface area contributed by atoms with E-state index in [0.717, 1.165) is 16.3 Å². The minimum atomic E-state index is -0.984. The maximum Gasteiger partial charge on any atom is 0.301 e. The summed E-state index contributed by atoms with van der Waals surface area (Å²) in [5.74, 6) is -0.0192. The van der Waals surface area contributed by atoms with Crippen LogP contribution < -0.4 is 19.1 Å². The van der Waals surface area contributed by atoms with Crippen molar-refractivity contribution in [2.45, 2.75) is 16.1 Å². The highest BCUT2D eigenvalue weighted by Crippen LogP contribution is 2.45. The van der Waals surface area contributed by atoms with Gasteiger partial charge in [0.25, 0.3) is 5.78 Å². The molecule has 0 unspecified atom stereocenters. The number of hydrogen-bond acceptors (Lipinski definition) is 10. The number of amides is 1. The van der Waals surface area contributed by atoms with Crippen molar-refractivity contribution in [2.75, 3.05) is 26.2 Å². The Hall–Kier alpha value is -4.87. The number of ether oxygens (including phenoxy) is 3. The topological polar surface area (TPSA) is 111 Å². The summed E-state index contributed by atoms with van der Waals surface area (Å²) in [7, 11) is 4.51. The maximum absolute atomic E-state index is 13.6. The number of carbonyl (C=O) groups is 2. The summed E-state index contributed by atoms with van der Waals surface area (Å²) in [5, 5.41) is 22.7. The molecule has 0 bridgehead atoms. The second-order valence-electron chi connectivity index (χ2n) is 9.79. The number of benzene rings is 4. The van der Waals surface area contributed by atoms with Crippen LogP contribution in [0.5, 0.6) is 17.2 Å². The number of fused-ring (bicyclic) bond motifs is 1. The molecule has 0 spiro atoms. The van der Waals surface area contributed by atoms with E-state index in [9.17, 15) is 14.7 Å². The number of anilines is 1. The molecular weight excluding hydrogens is 599 g/mol. The standard InChI is InChI=1S/C33H27N3O6S2/c1-40-23-12-7-10-20(16-23)28-27(29(37)21-14-15-25(41-2)26(17-21)42-3)30(38)31(39)36(28)32-34-35-33(44-32)43-18-22-11-6-9-19-8-4-5-13-24(19)22/h4-17,28,37H,18H2,1-3H3/t28-/m1/s1. The number of aliphatic hydroxyl groups is 1. The van der Waals surface area contributed by atoms with Crippen LogP contribution in [0.15, 0.2) is 94.8 Å². The van der Waals surface area contributed by atoms with Crippen molar-refractivity contribution >= 4 is 56.5 Å². The molecule has 4 aromatic carbocycles. The van der Waals surface area contributed by atoms with Crippen LogP contribution in [0.25, 0.3) is 16.5 Å². The third kappa shape index (κ3) is 5.36. The molecule has 9 nitrogen and oxygen atoms in total. The molecule has 0 aliphatic carbocycles. The summed E-state index contributed by atoms with van der Waals surface area (Å²) in [6.07, 6.45) is 0. The van der Waals surface area contributed by atoms with E-state index in [-0.39, 0.29) is 22.0 Å². The van der Waals surface area contributed by atoms with E-state index >= 15 is 0 Å². The van der Waals surface area contributed by atoms with Crippen LogP contribution in [-0.4, -0.2) is 48.3 Å². The first-order chi connectivity index (χ1) is 21.4. The SMILES string of the molecule is COc1cccc([C@@H]2C(=C(O)c3ccc(OC)c(OC)c3)C(=O)C(=O)N2c2nnc(SCc3cccc4ccccc34)s2)c1. The lowest BCUT2D eigenvalue weighted by molar-refractivity contribution is -0.132. The predicted octanol–water partition coefficient (Wildman–Crippen LogP) is 6.64. The molecule has 1 aromatic heterocycles. The quantitative estimate of drug-likeness (QED) is 0.0634. The van der Waals surface area contributed by atoms with Crippen molar-refractivity contribution in [3.8, 4) is 17.2 Å². The smallest absolute Gasteiger partial charge is 0.301 e. The number of thioether (sulfide) groups is 1. The van der Waals surface area contributed by atoms with E-state index in [0.29, 0.717) is 32.9 Å². The van der Waals surface area contributed by atoms with Gasteiger partial charge in [0.15, 0.2) is 15.8 Å². The highest BCUT2D eigenvalue weighted by atomic mass is 32.2. The van der Waals surface area contributed by atoms with Gasteiger partial charge < -0.3 is 19.3 Å². The number of aromatic nitrogens is 2. The van der Waals surface area contributed by atoms with Gasteiger partial charge in [0.05, 0.1) is 32.9 Å². The second-order valence-corrected chi connectivity index (χ2v) is 12.0. The van der Waals surface area contributed by atoms with Gasteiger partial charge in [-0.2, -0.15) is 0 Å². The van der Waals surface area contributed by atoms with Gasteiger partial charge in [-0.05, 0) is 52.2 Å². The zero-order valence-corrected chi connectivity index (χ0v) is 25.6. The predicted molar refractivity (Wildman–Crippen MR) is 171 cm³/mol. The fourth-order valence-electron chi connectivity index (χ4n) is 5.21. The summed E-state index contributed by atoms with van der Waals surface area (Å²) >= 11 is 2.71. The Morgan fingerprint density at radius 2 is 1.66 bits per heavy atom. The Bertz CT molecular complexity index is 1920. The lowest BCUT2D eigenvalue weighted by Crippen LogP contribution is -2.29. The van der Waals surface area contributed by atoms with Gasteiger partial charge in [-0.1, -0.05) is 77.7 Å². The number of ketones is 1. The Morgan fingerprint density at radius 1 is 0.886 bits per heavy atom. The van der Waals surface area contributed by atoms with Gasteiger partial charge in [0.1, 0.15) is 11.5 Å². The van der Waals surface area contributed by atoms with Crippen LogP contribution in [0.2, 0.25) is 0 Å². The number of aliphatic hydroxyl groups excluding tert-OH is 1. The number of rotatable bonds is 9. The Kier molecular flexibility index (Phi) is 8.23. The number of methoxy groups -OCH3 is 3. The highest BCUT2D eigenvalue weighted by Gasteiger charge is 2.48. The molecular formula is C33H27N3O6S2. The van der Waals surface area contributed by atoms with E-state index in [1.807, 2.05) is 18.2 Å². The first-order valence-electron chi connectivity index (χ1n) is 13.5. The van der Waals surface area contributed by atoms with Crippen molar-refractivity contribution in [2.24, 2.45) is 0 Å². The van der Waals surface area contributed by atoms with Crippen molar-refractivity contribution in [1.29, 1.82) is 0 Å². The Labute approximate surface area is 261 Å². The van der Waals surface area contributed by atoms with Crippen LogP contribution in [-0.2, 0) is 15.3 Å². The minimum Gasteiger partial charge on any atom is -0.507 e. The molecule has 11 heteroatoms. The highest BCUT2D eigenvalue weighted by molar-refractivity contribution is 8.00. The summed E-state index contributed by atoms with van der Waals surface area (Å²) in [6.45, 7) is 0. The van der Waals surface area contributed by atoms with Gasteiger partial charge in [-0.15, -0.1) is 10.2 Å². The molecule has 1 aliphatic rings. The van der Waals surface area contributed by atoms with Crippen LogP contribution in [0.3, 0.4) is 0 Å². The zero-order chi connectivity index (χ0) is 30.8. The molecule has 1 atom stereocenters. The number of carbonyl (C=O) groups excluding carboxylic acids is 2. The molecule has 222 valence electrons. The first-order valence-corrected chi connectivity index (χ1v) is 15.3. The van der Waals surface area contributed by atoms with Crippen LogP contribution in [0, 0.1) is 0 Å². The fraction of sp³-hybridized carbons (Fsp3) is 0.152. The molecule has 1 fully saturated rings. The third-order valence-corrected chi connectivity index (χ3v) is 9.45. The minimum absolute atomic E-state index is 0.0874. The molecule has 1 N–H and O–H groups in total. The van der Waals surface area contributed by atoms with Gasteiger partial charge in [-0.3, -0.25) is 14.5 Å². The fourth-order valence-corrected chi connectivity index (χ4v) is 7.08. The van der Waals surface area contributed by atoms with E-state index in [4.69, 9.17) is 14.2 Å². The first kappa shape index (κ1) is 29.2. The maximum atomic E-state index is 13.6. The van der Waals surface area contributed by atoms with Crippen molar-refractivity contribution in [3.05, 3.63) is 107 Å². The molecule has 6 rings (SSSR count). The monoisotopic (exact) mass is 625 g/mol. The summed E-state index contributed by atoms with van der Waals surface area (Å²) in [6, 6.07) is 25.2. The Morgan fingerprint density at radius 3 is 2.45 bits per heavy atom. The molecule has 0 saturated carbocycles. The average Bonchev–Trinajstić information content (AvgIpc) is 3.64. The van der Waals surface area contributed by atoms with E-state index in [1.165, 1.54) is 49.3 Å². The molecule has 0 radical (unpaired) electrons. The molecule has 44 heavy (non-hydrogen) atoms. The molecule has 1 saturated heterocycles. The van der Waals surface area contributed by atoms with Crippen molar-refractivity contribution in [3.63, 3.8) is 0 Å². The van der Waals surface area contributed by atoms with Crippen LogP contribution >= 0.6 is 23.1 Å². The van der Waals surface area contributed by atoms with E-state index < -0.39 is 17.7 Å². The molecule has 1 amide bonds. The van der Waals surface area contributed by atoms with E-state index in [2.05, 4.69) is 34.5 Å². The molecule has 2 heterocycles. The van der Waals surface area contributed by atoms with Crippen LogP contribution in [0.1, 0.15) is 22.7 Å². The number of nitrogens with zero attached hydrogens (tertiary/aromatic N) is 3. The summed E-state index contributed by atoms with van der Waals surface area (Å²) in [5.41, 5.74) is 1.91. The summed E-state index contributed by atoms with van der Waals surface area (Å²) < 4.78 is 16.8. The average molecular weight is 626 g/mol. The number of Topliss-reactive ketones (excluding diaryl/α,β-unsaturated/α-hetero) is 1. The van der Waals surface area contributed by atoms with E-state index in [1.54, 1.807) is 42.5 Å². The molecule has 5 aromatic rings. The van der Waals surface area contributed by atoms with Crippen molar-refractivity contribution < 1.29 is 28.9 Å². The third-order valence-electron chi connectivity index (χ3n) is 7.34. The van der Waals surface area contributed by atoms with Gasteiger partial charge in [-0.25, -0.2) is 0 Å². The van der Waals surface area contributed by atoms with Crippen LogP contribution in [0.4, 0.5) is 5.13 Å². The summed E-state index contributed by atoms with van der Waals surface area (Å²) in [4.78, 5) is 28.5. The lowest BCUT2D eigenvalue weighted by Gasteiger charge is -2.23. The number of hydrogen-bond donors (Lipinski definition) is 1. The largest absolute Gasteiger partial charge is 0.507 e. The van der Waals surface area contributed by atoms with Gasteiger partial charge in [0.2, 0.25) is 5.13 Å².